The van der Waals surface area contributed by atoms with Crippen LogP contribution in [0.3, 0.4) is 0 Å². The van der Waals surface area contributed by atoms with E-state index in [1.165, 1.54) is 10.4 Å². The highest BCUT2D eigenvalue weighted by Gasteiger charge is 2.14. The molecule has 0 saturated heterocycles. The molecule has 2 amide bonds. The number of hydrogen-bond acceptors (Lipinski definition) is 3. The molecule has 1 aliphatic rings. The summed E-state index contributed by atoms with van der Waals surface area (Å²) in [6.45, 7) is 1.41. The summed E-state index contributed by atoms with van der Waals surface area (Å²) >= 11 is 4.93. The van der Waals surface area contributed by atoms with Crippen molar-refractivity contribution in [2.75, 3.05) is 17.2 Å². The Morgan fingerprint density at radius 1 is 1.25 bits per heavy atom. The highest BCUT2D eigenvalue weighted by molar-refractivity contribution is 9.10. The van der Waals surface area contributed by atoms with Crippen molar-refractivity contribution in [3.63, 3.8) is 0 Å². The van der Waals surface area contributed by atoms with Gasteiger partial charge in [-0.05, 0) is 42.3 Å². The number of benzene rings is 1. The minimum atomic E-state index is -0.230. The first-order valence-electron chi connectivity index (χ1n) is 6.23. The molecule has 0 bridgehead atoms. The van der Waals surface area contributed by atoms with Crippen LogP contribution in [-0.2, 0) is 17.8 Å². The summed E-state index contributed by atoms with van der Waals surface area (Å²) in [7, 11) is 0. The Balaban J connectivity index is 1.63. The Hall–Kier alpha value is -1.37. The van der Waals surface area contributed by atoms with Crippen LogP contribution >= 0.6 is 27.3 Å². The number of hydrogen-bond donors (Lipinski definition) is 2. The monoisotopic (exact) mass is 352 g/mol. The van der Waals surface area contributed by atoms with Crippen LogP contribution in [-0.4, -0.2) is 12.6 Å². The van der Waals surface area contributed by atoms with Gasteiger partial charge in [-0.25, -0.2) is 4.79 Å². The van der Waals surface area contributed by atoms with E-state index in [-0.39, 0.29) is 6.03 Å². The van der Waals surface area contributed by atoms with E-state index in [0.29, 0.717) is 6.61 Å². The van der Waals surface area contributed by atoms with Gasteiger partial charge in [0.1, 0.15) is 0 Å². The van der Waals surface area contributed by atoms with Gasteiger partial charge in [0.15, 0.2) is 0 Å². The molecule has 1 aromatic heterocycles. The standard InChI is InChI=1S/C14H13BrN2O2S/c15-10-1-3-11(4-2-10)16-14(18)17-13-7-9-5-6-19-8-12(9)20-13/h1-4,7H,5-6,8H2,(H2,16,17,18). The van der Waals surface area contributed by atoms with E-state index >= 15 is 0 Å². The molecule has 4 nitrogen and oxygen atoms in total. The highest BCUT2D eigenvalue weighted by Crippen LogP contribution is 2.30. The second-order valence-corrected chi connectivity index (χ2v) is 6.50. The Labute approximate surface area is 129 Å². The fraction of sp³-hybridized carbons (Fsp3) is 0.214. The third-order valence-electron chi connectivity index (χ3n) is 2.98. The van der Waals surface area contributed by atoms with E-state index in [1.807, 2.05) is 30.3 Å². The van der Waals surface area contributed by atoms with Gasteiger partial charge in [0.2, 0.25) is 0 Å². The van der Waals surface area contributed by atoms with E-state index < -0.39 is 0 Å². The van der Waals surface area contributed by atoms with Crippen molar-refractivity contribution < 1.29 is 9.53 Å². The molecular formula is C14H13BrN2O2S. The Kier molecular flexibility index (Phi) is 4.05. The van der Waals surface area contributed by atoms with Crippen molar-refractivity contribution in [2.24, 2.45) is 0 Å². The summed E-state index contributed by atoms with van der Waals surface area (Å²) in [6.07, 6.45) is 0.918. The second-order valence-electron chi connectivity index (χ2n) is 4.45. The zero-order valence-corrected chi connectivity index (χ0v) is 13.0. The van der Waals surface area contributed by atoms with Crippen LogP contribution in [0.5, 0.6) is 0 Å². The van der Waals surface area contributed by atoms with Gasteiger partial charge in [-0.15, -0.1) is 11.3 Å². The topological polar surface area (TPSA) is 50.4 Å². The normalized spacial score (nSPS) is 13.7. The zero-order valence-electron chi connectivity index (χ0n) is 10.6. The van der Waals surface area contributed by atoms with Gasteiger partial charge >= 0.3 is 6.03 Å². The third kappa shape index (κ3) is 3.20. The summed E-state index contributed by atoms with van der Waals surface area (Å²) in [5, 5.41) is 6.52. The first-order valence-corrected chi connectivity index (χ1v) is 7.84. The van der Waals surface area contributed by atoms with Crippen molar-refractivity contribution in [3.05, 3.63) is 45.2 Å². The summed E-state index contributed by atoms with van der Waals surface area (Å²) in [6, 6.07) is 9.26. The third-order valence-corrected chi connectivity index (χ3v) is 4.58. The van der Waals surface area contributed by atoms with Crippen LogP contribution < -0.4 is 10.6 Å². The largest absolute Gasteiger partial charge is 0.376 e. The fourth-order valence-electron chi connectivity index (χ4n) is 2.02. The van der Waals surface area contributed by atoms with Crippen molar-refractivity contribution in [1.29, 1.82) is 0 Å². The molecule has 20 heavy (non-hydrogen) atoms. The van der Waals surface area contributed by atoms with Gasteiger partial charge in [-0.2, -0.15) is 0 Å². The van der Waals surface area contributed by atoms with Crippen molar-refractivity contribution in [3.8, 4) is 0 Å². The molecule has 0 fully saturated rings. The molecule has 2 heterocycles. The lowest BCUT2D eigenvalue weighted by Gasteiger charge is -2.10. The zero-order chi connectivity index (χ0) is 13.9. The van der Waals surface area contributed by atoms with E-state index in [2.05, 4.69) is 26.6 Å². The lowest BCUT2D eigenvalue weighted by molar-refractivity contribution is 0.113. The molecule has 6 heteroatoms. The number of rotatable bonds is 2. The van der Waals surface area contributed by atoms with Crippen molar-refractivity contribution in [2.45, 2.75) is 13.0 Å². The van der Waals surface area contributed by atoms with Gasteiger partial charge in [-0.3, -0.25) is 5.32 Å². The summed E-state index contributed by atoms with van der Waals surface area (Å²) in [4.78, 5) is 13.1. The van der Waals surface area contributed by atoms with Crippen LogP contribution in [0.2, 0.25) is 0 Å². The number of anilines is 2. The summed E-state index contributed by atoms with van der Waals surface area (Å²) in [5.74, 6) is 0. The molecule has 0 aliphatic carbocycles. The van der Waals surface area contributed by atoms with E-state index in [1.54, 1.807) is 11.3 Å². The maximum Gasteiger partial charge on any atom is 0.324 e. The summed E-state index contributed by atoms with van der Waals surface area (Å²) in [5.41, 5.74) is 2.04. The molecule has 0 spiro atoms. The molecule has 0 unspecified atom stereocenters. The summed E-state index contributed by atoms with van der Waals surface area (Å²) < 4.78 is 6.38. The molecule has 1 aliphatic heterocycles. The lowest BCUT2D eigenvalue weighted by Crippen LogP contribution is -2.18. The van der Waals surface area contributed by atoms with E-state index in [4.69, 9.17) is 4.74 Å². The molecule has 0 atom stereocenters. The average Bonchev–Trinajstić information content (AvgIpc) is 2.83. The first-order chi connectivity index (χ1) is 9.70. The second kappa shape index (κ2) is 5.95. The number of ether oxygens (including phenoxy) is 1. The average molecular weight is 353 g/mol. The minimum Gasteiger partial charge on any atom is -0.376 e. The highest BCUT2D eigenvalue weighted by atomic mass is 79.9. The van der Waals surface area contributed by atoms with Gasteiger partial charge in [-0.1, -0.05) is 15.9 Å². The maximum absolute atomic E-state index is 11.9. The lowest BCUT2D eigenvalue weighted by atomic mass is 10.2. The molecule has 0 saturated carbocycles. The van der Waals surface area contributed by atoms with Crippen molar-refractivity contribution in [1.82, 2.24) is 0 Å². The van der Waals surface area contributed by atoms with Crippen LogP contribution in [0.25, 0.3) is 0 Å². The Bertz CT molecular complexity index is 601. The van der Waals surface area contributed by atoms with Gasteiger partial charge in [0.25, 0.3) is 0 Å². The van der Waals surface area contributed by atoms with Gasteiger partial charge in [0, 0.05) is 15.0 Å². The number of nitrogens with one attached hydrogen (secondary N) is 2. The van der Waals surface area contributed by atoms with E-state index in [9.17, 15) is 4.79 Å². The Morgan fingerprint density at radius 3 is 2.80 bits per heavy atom. The molecule has 0 radical (unpaired) electrons. The maximum atomic E-state index is 11.9. The molecule has 1 aromatic carbocycles. The predicted octanol–water partition coefficient (Wildman–Crippen LogP) is 4.23. The van der Waals surface area contributed by atoms with E-state index in [0.717, 1.165) is 28.2 Å². The number of amides is 2. The number of halogens is 1. The van der Waals surface area contributed by atoms with Crippen LogP contribution in [0.15, 0.2) is 34.8 Å². The van der Waals surface area contributed by atoms with Gasteiger partial charge in [0.05, 0.1) is 18.2 Å². The smallest absolute Gasteiger partial charge is 0.324 e. The predicted molar refractivity (Wildman–Crippen MR) is 84.5 cm³/mol. The minimum absolute atomic E-state index is 0.230. The molecular weight excluding hydrogens is 340 g/mol. The number of carbonyl (C=O) groups excluding carboxylic acids is 1. The Morgan fingerprint density at radius 2 is 2.05 bits per heavy atom. The molecule has 3 rings (SSSR count). The van der Waals surface area contributed by atoms with Gasteiger partial charge < -0.3 is 10.1 Å². The van der Waals surface area contributed by atoms with Crippen molar-refractivity contribution >= 4 is 44.0 Å². The fourth-order valence-corrected chi connectivity index (χ4v) is 3.33. The molecule has 2 aromatic rings. The SMILES string of the molecule is O=C(Nc1ccc(Br)cc1)Nc1cc2c(s1)COCC2. The number of carbonyl (C=O) groups is 1. The number of fused-ring (bicyclic) bond motifs is 1. The molecule has 2 N–H and O–H groups in total. The molecule has 104 valence electrons. The van der Waals surface area contributed by atoms with Crippen LogP contribution in [0.1, 0.15) is 10.4 Å². The number of urea groups is 1. The van der Waals surface area contributed by atoms with Crippen LogP contribution in [0, 0.1) is 0 Å². The quantitative estimate of drug-likeness (QED) is 0.849. The number of thiophene rings is 1. The van der Waals surface area contributed by atoms with Crippen LogP contribution in [0.4, 0.5) is 15.5 Å². The first kappa shape index (κ1) is 13.6.